The Morgan fingerprint density at radius 2 is 2.17 bits per heavy atom. The van der Waals surface area contributed by atoms with Crippen LogP contribution in [0.25, 0.3) is 0 Å². The summed E-state index contributed by atoms with van der Waals surface area (Å²) in [6.45, 7) is 0. The maximum Gasteiger partial charge on any atom is 0.287 e. The normalized spacial score (nSPS) is 30.0. The molecule has 0 aromatic carbocycles. The molecule has 1 aliphatic rings. The molecule has 0 radical (unpaired) electrons. The maximum atomic E-state index is 10.7. The van der Waals surface area contributed by atoms with Crippen molar-refractivity contribution in [3.05, 3.63) is 23.9 Å². The van der Waals surface area contributed by atoms with Crippen molar-refractivity contribution >= 4 is 10.1 Å². The van der Waals surface area contributed by atoms with Crippen molar-refractivity contribution < 1.29 is 13.0 Å². The Kier molecular flexibility index (Phi) is 1.99. The van der Waals surface area contributed by atoms with Gasteiger partial charge in [-0.25, -0.2) is 0 Å². The van der Waals surface area contributed by atoms with Gasteiger partial charge in [0.15, 0.2) is 4.87 Å². The molecule has 6 heteroatoms. The highest BCUT2D eigenvalue weighted by atomic mass is 32.2. The first-order valence-electron chi connectivity index (χ1n) is 3.26. The molecule has 1 atom stereocenters. The van der Waals surface area contributed by atoms with E-state index in [1.807, 2.05) is 0 Å². The molecule has 0 aromatic heterocycles. The van der Waals surface area contributed by atoms with Crippen molar-refractivity contribution in [1.82, 2.24) is 0 Å². The molecule has 0 saturated heterocycles. The lowest BCUT2D eigenvalue weighted by Crippen LogP contribution is -2.46. The largest absolute Gasteiger partial charge is 0.399 e. The van der Waals surface area contributed by atoms with Gasteiger partial charge >= 0.3 is 0 Å². The van der Waals surface area contributed by atoms with Gasteiger partial charge in [0.2, 0.25) is 0 Å². The first-order valence-corrected chi connectivity index (χ1v) is 4.70. The summed E-state index contributed by atoms with van der Waals surface area (Å²) < 4.78 is 30.2. The Morgan fingerprint density at radius 3 is 2.50 bits per heavy atom. The molecule has 1 rings (SSSR count). The van der Waals surface area contributed by atoms with E-state index < -0.39 is 15.0 Å². The van der Waals surface area contributed by atoms with Gasteiger partial charge in [0, 0.05) is 12.1 Å². The topological polar surface area (TPSA) is 106 Å². The van der Waals surface area contributed by atoms with E-state index in [2.05, 4.69) is 0 Å². The van der Waals surface area contributed by atoms with Crippen LogP contribution in [0.4, 0.5) is 0 Å². The van der Waals surface area contributed by atoms with Gasteiger partial charge in [-0.1, -0.05) is 6.08 Å². The highest BCUT2D eigenvalue weighted by Gasteiger charge is 2.36. The predicted molar refractivity (Wildman–Crippen MR) is 44.5 cm³/mol. The third-order valence-corrected chi connectivity index (χ3v) is 2.96. The van der Waals surface area contributed by atoms with Crippen LogP contribution in [0.5, 0.6) is 0 Å². The zero-order chi connectivity index (χ0) is 9.41. The predicted octanol–water partition coefficient (Wildman–Crippen LogP) is -0.668. The van der Waals surface area contributed by atoms with Crippen LogP contribution in [-0.2, 0) is 10.1 Å². The summed E-state index contributed by atoms with van der Waals surface area (Å²) in [6, 6.07) is 0. The van der Waals surface area contributed by atoms with E-state index in [1.54, 1.807) is 0 Å². The van der Waals surface area contributed by atoms with E-state index in [0.29, 0.717) is 5.70 Å². The van der Waals surface area contributed by atoms with E-state index >= 15 is 0 Å². The van der Waals surface area contributed by atoms with Crippen LogP contribution in [-0.4, -0.2) is 17.8 Å². The summed E-state index contributed by atoms with van der Waals surface area (Å²) in [4.78, 5) is -1.71. The molecular formula is C6H10N2O3S. The maximum absolute atomic E-state index is 10.7. The molecule has 0 aliphatic heterocycles. The first kappa shape index (κ1) is 9.24. The molecule has 5 nitrogen and oxygen atoms in total. The molecule has 0 amide bonds. The molecule has 0 aromatic rings. The minimum atomic E-state index is -4.26. The van der Waals surface area contributed by atoms with Crippen molar-refractivity contribution in [2.45, 2.75) is 11.3 Å². The molecule has 0 bridgehead atoms. The average Bonchev–Trinajstić information content (AvgIpc) is 1.93. The zero-order valence-electron chi connectivity index (χ0n) is 6.27. The van der Waals surface area contributed by atoms with Crippen LogP contribution in [0.2, 0.25) is 0 Å². The fourth-order valence-electron chi connectivity index (χ4n) is 0.842. The molecular weight excluding hydrogens is 180 g/mol. The molecule has 1 unspecified atom stereocenters. The zero-order valence-corrected chi connectivity index (χ0v) is 7.08. The summed E-state index contributed by atoms with van der Waals surface area (Å²) in [5, 5.41) is 0. The second-order valence-electron chi connectivity index (χ2n) is 2.67. The minimum Gasteiger partial charge on any atom is -0.399 e. The van der Waals surface area contributed by atoms with Crippen LogP contribution < -0.4 is 11.5 Å². The van der Waals surface area contributed by atoms with Crippen LogP contribution in [0.1, 0.15) is 6.42 Å². The van der Waals surface area contributed by atoms with E-state index in [-0.39, 0.29) is 6.42 Å². The second kappa shape index (κ2) is 2.58. The molecule has 68 valence electrons. The fraction of sp³-hybridized carbons (Fsp3) is 0.333. The van der Waals surface area contributed by atoms with Gasteiger partial charge in [-0.3, -0.25) is 4.55 Å². The number of nitrogens with two attached hydrogens (primary N) is 2. The highest BCUT2D eigenvalue weighted by Crippen LogP contribution is 2.21. The van der Waals surface area contributed by atoms with E-state index in [9.17, 15) is 8.42 Å². The van der Waals surface area contributed by atoms with Gasteiger partial charge in [-0.2, -0.15) is 8.42 Å². The number of hydrogen-bond donors (Lipinski definition) is 3. The minimum absolute atomic E-state index is 0.00579. The van der Waals surface area contributed by atoms with Gasteiger partial charge in [-0.05, 0) is 12.2 Å². The summed E-state index contributed by atoms with van der Waals surface area (Å²) >= 11 is 0. The Hall–Kier alpha value is -0.850. The summed E-state index contributed by atoms with van der Waals surface area (Å²) in [6.07, 6.45) is 3.98. The van der Waals surface area contributed by atoms with Crippen molar-refractivity contribution in [3.63, 3.8) is 0 Å². The number of hydrogen-bond acceptors (Lipinski definition) is 4. The smallest absolute Gasteiger partial charge is 0.287 e. The Labute approximate surface area is 70.5 Å². The van der Waals surface area contributed by atoms with Crippen molar-refractivity contribution in [1.29, 1.82) is 0 Å². The van der Waals surface area contributed by atoms with Crippen LogP contribution in [0.3, 0.4) is 0 Å². The lowest BCUT2D eigenvalue weighted by atomic mass is 10.1. The van der Waals surface area contributed by atoms with Crippen molar-refractivity contribution in [3.8, 4) is 0 Å². The third kappa shape index (κ3) is 1.50. The van der Waals surface area contributed by atoms with Crippen LogP contribution in [0.15, 0.2) is 23.9 Å². The summed E-state index contributed by atoms with van der Waals surface area (Å²) in [7, 11) is -4.26. The van der Waals surface area contributed by atoms with E-state index in [0.717, 1.165) is 0 Å². The van der Waals surface area contributed by atoms with Crippen LogP contribution in [0, 0.1) is 0 Å². The number of allylic oxidation sites excluding steroid dienone is 1. The molecule has 0 saturated carbocycles. The summed E-state index contributed by atoms with van der Waals surface area (Å²) in [5.41, 5.74) is 11.2. The number of rotatable bonds is 1. The quantitative estimate of drug-likeness (QED) is 0.475. The molecule has 1 aliphatic carbocycles. The molecule has 0 spiro atoms. The third-order valence-electron chi connectivity index (χ3n) is 1.69. The van der Waals surface area contributed by atoms with E-state index in [4.69, 9.17) is 16.0 Å². The average molecular weight is 190 g/mol. The molecule has 5 N–H and O–H groups in total. The Morgan fingerprint density at radius 1 is 1.58 bits per heavy atom. The second-order valence-corrected chi connectivity index (χ2v) is 4.38. The lowest BCUT2D eigenvalue weighted by molar-refractivity contribution is 0.447. The van der Waals surface area contributed by atoms with Gasteiger partial charge in [0.25, 0.3) is 10.1 Å². The monoisotopic (exact) mass is 190 g/mol. The standard InChI is InChI=1S/C6H10N2O3S/c7-5-1-3-6(8,4-2-5)12(9,10)11/h1-3H,4,7-8H2,(H,9,10,11). The van der Waals surface area contributed by atoms with Gasteiger partial charge < -0.3 is 11.5 Å². The Bertz CT molecular complexity index is 344. The van der Waals surface area contributed by atoms with Crippen molar-refractivity contribution in [2.24, 2.45) is 11.5 Å². The van der Waals surface area contributed by atoms with Gasteiger partial charge in [0.1, 0.15) is 0 Å². The SMILES string of the molecule is NC1=CCC(N)(S(=O)(=O)O)C=C1. The fourth-order valence-corrected chi connectivity index (χ4v) is 1.38. The Balaban J connectivity index is 3.02. The van der Waals surface area contributed by atoms with E-state index in [1.165, 1.54) is 18.2 Å². The summed E-state index contributed by atoms with van der Waals surface area (Å²) in [5.74, 6) is 0. The first-order chi connectivity index (χ1) is 5.35. The lowest BCUT2D eigenvalue weighted by Gasteiger charge is -2.23. The molecule has 0 heterocycles. The van der Waals surface area contributed by atoms with Crippen molar-refractivity contribution in [2.75, 3.05) is 0 Å². The molecule has 0 fully saturated rings. The van der Waals surface area contributed by atoms with Gasteiger partial charge in [0.05, 0.1) is 0 Å². The molecule has 12 heavy (non-hydrogen) atoms. The highest BCUT2D eigenvalue weighted by molar-refractivity contribution is 7.87. The van der Waals surface area contributed by atoms with Crippen LogP contribution >= 0.6 is 0 Å². The van der Waals surface area contributed by atoms with Gasteiger partial charge in [-0.15, -0.1) is 0 Å².